The van der Waals surface area contributed by atoms with Gasteiger partial charge in [0.25, 0.3) is 0 Å². The highest BCUT2D eigenvalue weighted by Gasteiger charge is 2.07. The van der Waals surface area contributed by atoms with Gasteiger partial charge in [0.05, 0.1) is 14.9 Å². The maximum Gasteiger partial charge on any atom is 0.237 e. The number of hydrogen-bond acceptors (Lipinski definition) is 4. The summed E-state index contributed by atoms with van der Waals surface area (Å²) in [6.45, 7) is 0. The van der Waals surface area contributed by atoms with Gasteiger partial charge >= 0.3 is 0 Å². The van der Waals surface area contributed by atoms with Crippen LogP contribution >= 0.6 is 27.3 Å². The van der Waals surface area contributed by atoms with E-state index >= 15 is 0 Å². The molecule has 0 aromatic carbocycles. The van der Waals surface area contributed by atoms with Crippen LogP contribution in [0.1, 0.15) is 10.6 Å². The van der Waals surface area contributed by atoms with Crippen molar-refractivity contribution in [1.82, 2.24) is 4.98 Å². The van der Waals surface area contributed by atoms with Crippen molar-refractivity contribution in [2.75, 3.05) is 0 Å². The number of carbonyl (C=O) groups is 1. The average Bonchev–Trinajstić information content (AvgIpc) is 2.71. The fraction of sp³-hybridized carbons (Fsp3) is 0. The van der Waals surface area contributed by atoms with Crippen LogP contribution in [0.15, 0.2) is 26.5 Å². The van der Waals surface area contributed by atoms with Crippen LogP contribution in [0.4, 0.5) is 0 Å². The summed E-state index contributed by atoms with van der Waals surface area (Å²) in [5, 5.41) is 0. The zero-order valence-corrected chi connectivity index (χ0v) is 8.76. The second kappa shape index (κ2) is 3.43. The van der Waals surface area contributed by atoms with Crippen LogP contribution in [0, 0.1) is 0 Å². The van der Waals surface area contributed by atoms with Crippen molar-refractivity contribution in [1.29, 1.82) is 0 Å². The summed E-state index contributed by atoms with van der Waals surface area (Å²) in [6.07, 6.45) is 2.05. The van der Waals surface area contributed by atoms with Gasteiger partial charge in [0.1, 0.15) is 0 Å². The third-order valence-electron chi connectivity index (χ3n) is 1.42. The second-order valence-corrected chi connectivity index (χ2v) is 4.75. The number of aldehydes is 1. The lowest BCUT2D eigenvalue weighted by molar-refractivity contribution is 0.110. The molecule has 0 fully saturated rings. The molecule has 0 saturated heterocycles. The molecule has 0 aliphatic heterocycles. The van der Waals surface area contributed by atoms with Crippen LogP contribution in [0.25, 0.3) is 10.8 Å². The van der Waals surface area contributed by atoms with Crippen molar-refractivity contribution >= 4 is 33.6 Å². The fourth-order valence-corrected chi connectivity index (χ4v) is 2.20. The largest absolute Gasteiger partial charge is 0.433 e. The standard InChI is InChI=1S/C8H4BrNO2S/c9-7-2-1-6(13-7)8-10-3-5(4-11)12-8/h1-4H. The Bertz CT molecular complexity index is 435. The van der Waals surface area contributed by atoms with E-state index in [-0.39, 0.29) is 5.76 Å². The summed E-state index contributed by atoms with van der Waals surface area (Å²) >= 11 is 4.84. The molecular weight excluding hydrogens is 254 g/mol. The molecule has 66 valence electrons. The van der Waals surface area contributed by atoms with Crippen LogP contribution in [-0.4, -0.2) is 11.3 Å². The lowest BCUT2D eigenvalue weighted by atomic mass is 10.5. The monoisotopic (exact) mass is 257 g/mol. The van der Waals surface area contributed by atoms with Gasteiger partial charge < -0.3 is 4.42 Å². The average molecular weight is 258 g/mol. The molecule has 0 atom stereocenters. The van der Waals surface area contributed by atoms with Crippen LogP contribution < -0.4 is 0 Å². The molecule has 0 amide bonds. The summed E-state index contributed by atoms with van der Waals surface area (Å²) in [4.78, 5) is 15.2. The first-order valence-electron chi connectivity index (χ1n) is 3.46. The molecular formula is C8H4BrNO2S. The Balaban J connectivity index is 2.40. The predicted molar refractivity (Wildman–Crippen MR) is 52.9 cm³/mol. The van der Waals surface area contributed by atoms with Gasteiger partial charge in [0.2, 0.25) is 5.89 Å². The molecule has 5 heteroatoms. The molecule has 0 aliphatic rings. The summed E-state index contributed by atoms with van der Waals surface area (Å²) in [7, 11) is 0. The Morgan fingerprint density at radius 1 is 1.54 bits per heavy atom. The number of thiophene rings is 1. The molecule has 2 heterocycles. The van der Waals surface area contributed by atoms with Crippen LogP contribution in [0.5, 0.6) is 0 Å². The van der Waals surface area contributed by atoms with Gasteiger partial charge in [-0.1, -0.05) is 0 Å². The van der Waals surface area contributed by atoms with Crippen molar-refractivity contribution in [2.45, 2.75) is 0 Å². The van der Waals surface area contributed by atoms with Gasteiger partial charge in [-0.05, 0) is 28.1 Å². The molecule has 0 aliphatic carbocycles. The number of hydrogen-bond donors (Lipinski definition) is 0. The van der Waals surface area contributed by atoms with E-state index in [4.69, 9.17) is 4.42 Å². The molecule has 0 N–H and O–H groups in total. The minimum absolute atomic E-state index is 0.250. The lowest BCUT2D eigenvalue weighted by Crippen LogP contribution is -1.68. The van der Waals surface area contributed by atoms with Gasteiger partial charge in [0.15, 0.2) is 12.0 Å². The van der Waals surface area contributed by atoms with Gasteiger partial charge in [-0.15, -0.1) is 11.3 Å². The third kappa shape index (κ3) is 1.71. The summed E-state index contributed by atoms with van der Waals surface area (Å²) in [5.41, 5.74) is 0. The highest BCUT2D eigenvalue weighted by Crippen LogP contribution is 2.30. The van der Waals surface area contributed by atoms with E-state index in [1.807, 2.05) is 12.1 Å². The molecule has 0 spiro atoms. The maximum atomic E-state index is 10.3. The minimum Gasteiger partial charge on any atom is -0.433 e. The molecule has 13 heavy (non-hydrogen) atoms. The SMILES string of the molecule is O=Cc1cnc(-c2ccc(Br)s2)o1. The van der Waals surface area contributed by atoms with Gasteiger partial charge in [-0.3, -0.25) is 4.79 Å². The van der Waals surface area contributed by atoms with Crippen molar-refractivity contribution in [2.24, 2.45) is 0 Å². The number of oxazole rings is 1. The van der Waals surface area contributed by atoms with E-state index in [1.54, 1.807) is 0 Å². The molecule has 0 bridgehead atoms. The molecule has 2 aromatic heterocycles. The quantitative estimate of drug-likeness (QED) is 0.777. The van der Waals surface area contributed by atoms with E-state index < -0.39 is 0 Å². The molecule has 3 nitrogen and oxygen atoms in total. The second-order valence-electron chi connectivity index (χ2n) is 2.29. The number of carbonyl (C=O) groups excluding carboxylic acids is 1. The molecule has 0 saturated carbocycles. The van der Waals surface area contributed by atoms with Crippen molar-refractivity contribution in [3.8, 4) is 10.8 Å². The van der Waals surface area contributed by atoms with E-state index in [2.05, 4.69) is 20.9 Å². The van der Waals surface area contributed by atoms with E-state index in [0.29, 0.717) is 12.2 Å². The first kappa shape index (κ1) is 8.65. The molecule has 0 radical (unpaired) electrons. The van der Waals surface area contributed by atoms with Gasteiger partial charge in [0, 0.05) is 0 Å². The topological polar surface area (TPSA) is 43.1 Å². The number of rotatable bonds is 2. The zero-order chi connectivity index (χ0) is 9.26. The number of aromatic nitrogens is 1. The normalized spacial score (nSPS) is 10.2. The van der Waals surface area contributed by atoms with E-state index in [0.717, 1.165) is 8.66 Å². The smallest absolute Gasteiger partial charge is 0.237 e. The van der Waals surface area contributed by atoms with E-state index in [1.165, 1.54) is 17.5 Å². The Morgan fingerprint density at radius 3 is 2.92 bits per heavy atom. The molecule has 2 aromatic rings. The van der Waals surface area contributed by atoms with Crippen molar-refractivity contribution in [3.63, 3.8) is 0 Å². The number of halogens is 1. The highest BCUT2D eigenvalue weighted by atomic mass is 79.9. The van der Waals surface area contributed by atoms with Gasteiger partial charge in [-0.25, -0.2) is 4.98 Å². The van der Waals surface area contributed by atoms with Crippen molar-refractivity contribution < 1.29 is 9.21 Å². The minimum atomic E-state index is 0.250. The summed E-state index contributed by atoms with van der Waals surface area (Å²) < 4.78 is 6.15. The molecule has 2 rings (SSSR count). The van der Waals surface area contributed by atoms with Crippen LogP contribution in [0.3, 0.4) is 0 Å². The third-order valence-corrected chi connectivity index (χ3v) is 3.04. The zero-order valence-electron chi connectivity index (χ0n) is 6.36. The fourth-order valence-electron chi connectivity index (χ4n) is 0.884. The Labute approximate surface area is 86.5 Å². The Kier molecular flexibility index (Phi) is 2.28. The van der Waals surface area contributed by atoms with E-state index in [9.17, 15) is 4.79 Å². The van der Waals surface area contributed by atoms with Crippen LogP contribution in [-0.2, 0) is 0 Å². The van der Waals surface area contributed by atoms with Crippen molar-refractivity contribution in [3.05, 3.63) is 27.9 Å². The number of nitrogens with zero attached hydrogens (tertiary/aromatic N) is 1. The first-order chi connectivity index (χ1) is 6.29. The first-order valence-corrected chi connectivity index (χ1v) is 5.07. The van der Waals surface area contributed by atoms with Gasteiger partial charge in [-0.2, -0.15) is 0 Å². The molecule has 0 unspecified atom stereocenters. The highest BCUT2D eigenvalue weighted by molar-refractivity contribution is 9.11. The predicted octanol–water partition coefficient (Wildman–Crippen LogP) is 2.98. The summed E-state index contributed by atoms with van der Waals surface area (Å²) in [5.74, 6) is 0.734. The Hall–Kier alpha value is -0.940. The lowest BCUT2D eigenvalue weighted by Gasteiger charge is -1.85. The maximum absolute atomic E-state index is 10.3. The Morgan fingerprint density at radius 2 is 2.38 bits per heavy atom. The summed E-state index contributed by atoms with van der Waals surface area (Å²) in [6, 6.07) is 3.79. The van der Waals surface area contributed by atoms with Crippen LogP contribution in [0.2, 0.25) is 0 Å².